The Hall–Kier alpha value is -2.19. The minimum absolute atomic E-state index is 0.152. The fourth-order valence-electron chi connectivity index (χ4n) is 2.66. The third-order valence-electron chi connectivity index (χ3n) is 4.00. The van der Waals surface area contributed by atoms with E-state index >= 15 is 0 Å². The highest BCUT2D eigenvalue weighted by Gasteiger charge is 2.13. The van der Waals surface area contributed by atoms with Crippen LogP contribution in [0.5, 0.6) is 0 Å². The number of nitrogens with zero attached hydrogens (tertiary/aromatic N) is 3. The molecule has 3 heterocycles. The van der Waals surface area contributed by atoms with E-state index in [9.17, 15) is 4.79 Å². The number of benzene rings is 1. The molecule has 0 bridgehead atoms. The SMILES string of the molecule is O=C(Cc1csc(-c2ccsc2)n1)Nc1ccnn1Cc1cccc(Cl)c1Cl. The second-order valence-electron chi connectivity index (χ2n) is 5.97. The maximum atomic E-state index is 12.5. The van der Waals surface area contributed by atoms with E-state index in [1.54, 1.807) is 34.3 Å². The number of halogens is 2. The Morgan fingerprint density at radius 1 is 1.18 bits per heavy atom. The molecule has 0 aliphatic carbocycles. The molecule has 1 N–H and O–H groups in total. The van der Waals surface area contributed by atoms with Gasteiger partial charge in [-0.25, -0.2) is 9.67 Å². The zero-order chi connectivity index (χ0) is 19.5. The number of hydrogen-bond donors (Lipinski definition) is 1. The van der Waals surface area contributed by atoms with E-state index in [0.29, 0.717) is 22.4 Å². The summed E-state index contributed by atoms with van der Waals surface area (Å²) in [6.45, 7) is 0.404. The minimum Gasteiger partial charge on any atom is -0.311 e. The van der Waals surface area contributed by atoms with Crippen LogP contribution in [-0.2, 0) is 17.8 Å². The van der Waals surface area contributed by atoms with Crippen molar-refractivity contribution < 1.29 is 4.79 Å². The lowest BCUT2D eigenvalue weighted by Gasteiger charge is -2.10. The molecule has 0 aliphatic heterocycles. The Morgan fingerprint density at radius 2 is 2.07 bits per heavy atom. The van der Waals surface area contributed by atoms with Crippen molar-refractivity contribution in [3.8, 4) is 10.6 Å². The van der Waals surface area contributed by atoms with Gasteiger partial charge in [0.15, 0.2) is 0 Å². The van der Waals surface area contributed by atoms with Crippen molar-refractivity contribution in [2.75, 3.05) is 5.32 Å². The van der Waals surface area contributed by atoms with Crippen molar-refractivity contribution in [1.82, 2.24) is 14.8 Å². The number of rotatable bonds is 6. The second kappa shape index (κ2) is 8.45. The summed E-state index contributed by atoms with van der Waals surface area (Å²) in [4.78, 5) is 17.0. The number of amides is 1. The zero-order valence-electron chi connectivity index (χ0n) is 14.4. The lowest BCUT2D eigenvalue weighted by atomic mass is 10.2. The van der Waals surface area contributed by atoms with Gasteiger partial charge in [-0.05, 0) is 23.1 Å². The number of hydrogen-bond acceptors (Lipinski definition) is 5. The van der Waals surface area contributed by atoms with E-state index in [4.69, 9.17) is 23.2 Å². The highest BCUT2D eigenvalue weighted by atomic mass is 35.5. The van der Waals surface area contributed by atoms with E-state index in [0.717, 1.165) is 21.8 Å². The number of nitrogens with one attached hydrogen (secondary N) is 1. The van der Waals surface area contributed by atoms with Crippen LogP contribution < -0.4 is 5.32 Å². The van der Waals surface area contributed by atoms with Gasteiger partial charge in [-0.3, -0.25) is 4.79 Å². The van der Waals surface area contributed by atoms with Gasteiger partial charge >= 0.3 is 0 Å². The van der Waals surface area contributed by atoms with Crippen LogP contribution in [0.2, 0.25) is 10.0 Å². The smallest absolute Gasteiger partial charge is 0.231 e. The zero-order valence-corrected chi connectivity index (χ0v) is 17.6. The number of thiophene rings is 1. The van der Waals surface area contributed by atoms with Gasteiger partial charge in [-0.1, -0.05) is 35.3 Å². The number of thiazole rings is 1. The molecule has 4 aromatic rings. The van der Waals surface area contributed by atoms with Crippen LogP contribution in [-0.4, -0.2) is 20.7 Å². The molecule has 5 nitrogen and oxygen atoms in total. The van der Waals surface area contributed by atoms with Gasteiger partial charge in [-0.15, -0.1) is 11.3 Å². The number of aromatic nitrogens is 3. The molecule has 9 heteroatoms. The predicted molar refractivity (Wildman–Crippen MR) is 116 cm³/mol. The summed E-state index contributed by atoms with van der Waals surface area (Å²) in [5.74, 6) is 0.440. The molecule has 0 saturated carbocycles. The Balaban J connectivity index is 1.43. The predicted octanol–water partition coefficient (Wildman–Crippen LogP) is 5.60. The fourth-order valence-corrected chi connectivity index (χ4v) is 4.57. The van der Waals surface area contributed by atoms with Gasteiger partial charge in [0.05, 0.1) is 34.9 Å². The highest BCUT2D eigenvalue weighted by Crippen LogP contribution is 2.27. The number of carbonyl (C=O) groups excluding carboxylic acids is 1. The van der Waals surface area contributed by atoms with Crippen LogP contribution in [0.3, 0.4) is 0 Å². The molecule has 0 fully saturated rings. The lowest BCUT2D eigenvalue weighted by molar-refractivity contribution is -0.115. The van der Waals surface area contributed by atoms with Gasteiger partial charge in [0.25, 0.3) is 0 Å². The van der Waals surface area contributed by atoms with Crippen LogP contribution >= 0.6 is 45.9 Å². The van der Waals surface area contributed by atoms with Crippen LogP contribution in [0.4, 0.5) is 5.82 Å². The standard InChI is InChI=1S/C19H14Cl2N4OS2/c20-15-3-1-2-12(18(15)21)9-25-16(4-6-22-25)24-17(26)8-14-11-28-19(23-14)13-5-7-27-10-13/h1-7,10-11H,8-9H2,(H,24,26). The van der Waals surface area contributed by atoms with Crippen molar-refractivity contribution in [3.05, 3.63) is 74.0 Å². The van der Waals surface area contributed by atoms with Crippen molar-refractivity contribution in [2.45, 2.75) is 13.0 Å². The van der Waals surface area contributed by atoms with Crippen molar-refractivity contribution >= 4 is 57.6 Å². The van der Waals surface area contributed by atoms with Crippen molar-refractivity contribution in [3.63, 3.8) is 0 Å². The van der Waals surface area contributed by atoms with Crippen LogP contribution in [0, 0.1) is 0 Å². The van der Waals surface area contributed by atoms with E-state index in [-0.39, 0.29) is 12.3 Å². The van der Waals surface area contributed by atoms with Crippen LogP contribution in [0.25, 0.3) is 10.6 Å². The molecule has 0 spiro atoms. The molecule has 4 rings (SSSR count). The van der Waals surface area contributed by atoms with E-state index in [2.05, 4.69) is 15.4 Å². The summed E-state index contributed by atoms with van der Waals surface area (Å²) >= 11 is 15.5. The first kappa shape index (κ1) is 19.1. The molecule has 0 saturated heterocycles. The number of anilines is 1. The summed E-state index contributed by atoms with van der Waals surface area (Å²) < 4.78 is 1.67. The first-order valence-electron chi connectivity index (χ1n) is 8.31. The molecule has 142 valence electrons. The summed E-state index contributed by atoms with van der Waals surface area (Å²) in [6.07, 6.45) is 1.83. The molecular weight excluding hydrogens is 435 g/mol. The Morgan fingerprint density at radius 3 is 2.89 bits per heavy atom. The maximum Gasteiger partial charge on any atom is 0.231 e. The Kier molecular flexibility index (Phi) is 5.77. The average molecular weight is 449 g/mol. The summed E-state index contributed by atoms with van der Waals surface area (Å²) in [5, 5.41) is 15.0. The lowest BCUT2D eigenvalue weighted by Crippen LogP contribution is -2.18. The molecule has 0 atom stereocenters. The molecular formula is C19H14Cl2N4OS2. The molecule has 28 heavy (non-hydrogen) atoms. The first-order chi connectivity index (χ1) is 13.6. The van der Waals surface area contributed by atoms with Crippen molar-refractivity contribution in [2.24, 2.45) is 0 Å². The Bertz CT molecular complexity index is 1110. The average Bonchev–Trinajstić information content (AvgIpc) is 3.41. The highest BCUT2D eigenvalue weighted by molar-refractivity contribution is 7.14. The molecule has 0 radical (unpaired) electrons. The topological polar surface area (TPSA) is 59.8 Å². The van der Waals surface area contributed by atoms with Gasteiger partial charge in [0.1, 0.15) is 10.8 Å². The first-order valence-corrected chi connectivity index (χ1v) is 10.9. The summed E-state index contributed by atoms with van der Waals surface area (Å²) in [5.41, 5.74) is 2.65. The second-order valence-corrected chi connectivity index (χ2v) is 8.39. The monoisotopic (exact) mass is 448 g/mol. The normalized spacial score (nSPS) is 10.9. The van der Waals surface area contributed by atoms with E-state index in [1.165, 1.54) is 11.3 Å². The minimum atomic E-state index is -0.152. The Labute approximate surface area is 179 Å². The maximum absolute atomic E-state index is 12.5. The van der Waals surface area contributed by atoms with Crippen LogP contribution in [0.1, 0.15) is 11.3 Å². The van der Waals surface area contributed by atoms with Gasteiger partial charge in [0.2, 0.25) is 5.91 Å². The molecule has 0 unspecified atom stereocenters. The molecule has 3 aromatic heterocycles. The van der Waals surface area contributed by atoms with Crippen LogP contribution in [0.15, 0.2) is 52.7 Å². The molecule has 0 aliphatic rings. The van der Waals surface area contributed by atoms with E-state index in [1.807, 2.05) is 34.3 Å². The van der Waals surface area contributed by atoms with Gasteiger partial charge in [-0.2, -0.15) is 16.4 Å². The third kappa shape index (κ3) is 4.28. The molecule has 1 amide bonds. The van der Waals surface area contributed by atoms with Gasteiger partial charge < -0.3 is 5.32 Å². The number of carbonyl (C=O) groups is 1. The quantitative estimate of drug-likeness (QED) is 0.417. The summed E-state index contributed by atoms with van der Waals surface area (Å²) in [7, 11) is 0. The largest absolute Gasteiger partial charge is 0.311 e. The summed E-state index contributed by atoms with van der Waals surface area (Å²) in [6, 6.07) is 9.21. The molecule has 1 aromatic carbocycles. The van der Waals surface area contributed by atoms with E-state index < -0.39 is 0 Å². The van der Waals surface area contributed by atoms with Crippen molar-refractivity contribution in [1.29, 1.82) is 0 Å². The third-order valence-corrected chi connectivity index (χ3v) is 6.48. The fraction of sp³-hybridized carbons (Fsp3) is 0.105. The van der Waals surface area contributed by atoms with Gasteiger partial charge in [0, 0.05) is 22.4 Å².